The smallest absolute Gasteiger partial charge is 0.410 e. The fourth-order valence-corrected chi connectivity index (χ4v) is 9.39. The molecule has 0 spiro atoms. The van der Waals surface area contributed by atoms with Gasteiger partial charge in [0.25, 0.3) is 0 Å². The minimum absolute atomic E-state index is 0.0461. The first-order valence-corrected chi connectivity index (χ1v) is 20.0. The van der Waals surface area contributed by atoms with Gasteiger partial charge in [0.15, 0.2) is 5.78 Å². The number of ether oxygens (including phenoxy) is 1. The number of carbonyl (C=O) groups excluding carboxylic acids is 4. The summed E-state index contributed by atoms with van der Waals surface area (Å²) in [5.74, 6) is -2.08. The summed E-state index contributed by atoms with van der Waals surface area (Å²) in [6.07, 6.45) is 10.5. The average molecular weight is 714 g/mol. The maximum atomic E-state index is 14.4. The number of amides is 3. The first-order valence-electron chi connectivity index (χ1n) is 18.4. The van der Waals surface area contributed by atoms with Gasteiger partial charge in [0.1, 0.15) is 11.9 Å². The number of Topliss-reactive ketones (excluding diaryl/α,β-unsaturated/α-hetero) is 1. The van der Waals surface area contributed by atoms with Crippen LogP contribution in [0.15, 0.2) is 30.4 Å². The van der Waals surface area contributed by atoms with Crippen LogP contribution in [0.4, 0.5) is 9.18 Å². The van der Waals surface area contributed by atoms with Crippen LogP contribution < -0.4 is 4.72 Å². The van der Waals surface area contributed by atoms with E-state index in [0.29, 0.717) is 43.2 Å². The van der Waals surface area contributed by atoms with Crippen molar-refractivity contribution in [3.63, 3.8) is 0 Å². The minimum atomic E-state index is -3.82. The van der Waals surface area contributed by atoms with Gasteiger partial charge in [-0.05, 0) is 74.3 Å². The Bertz CT molecular complexity index is 1630. The molecule has 3 heterocycles. The summed E-state index contributed by atoms with van der Waals surface area (Å²) in [6.45, 7) is 6.85. The van der Waals surface area contributed by atoms with Crippen LogP contribution in [0.2, 0.25) is 0 Å². The number of ketones is 1. The van der Waals surface area contributed by atoms with E-state index in [1.165, 1.54) is 11.0 Å². The zero-order valence-electron chi connectivity index (χ0n) is 29.6. The van der Waals surface area contributed by atoms with Crippen molar-refractivity contribution in [3.8, 4) is 0 Å². The van der Waals surface area contributed by atoms with Crippen LogP contribution in [0, 0.1) is 28.5 Å². The van der Waals surface area contributed by atoms with Gasteiger partial charge in [0, 0.05) is 30.9 Å². The van der Waals surface area contributed by atoms with Crippen LogP contribution in [0.5, 0.6) is 0 Å². The van der Waals surface area contributed by atoms with E-state index >= 15 is 0 Å². The molecule has 6 rings (SSSR count). The lowest BCUT2D eigenvalue weighted by Crippen LogP contribution is -2.46. The van der Waals surface area contributed by atoms with Gasteiger partial charge >= 0.3 is 6.09 Å². The number of carbonyl (C=O) groups is 4. The largest absolute Gasteiger partial charge is 0.444 e. The number of nitrogens with one attached hydrogen (secondary N) is 1. The second-order valence-electron chi connectivity index (χ2n) is 16.5. The molecule has 3 amide bonds. The lowest BCUT2D eigenvalue weighted by Gasteiger charge is -2.29. The van der Waals surface area contributed by atoms with Crippen molar-refractivity contribution < 1.29 is 36.7 Å². The fraction of sp³-hybridized carbons (Fsp3) is 0.684. The molecule has 3 aliphatic heterocycles. The molecular formula is C38H52FN3O7S. The Morgan fingerprint density at radius 3 is 2.58 bits per heavy atom. The molecule has 1 N–H and O–H groups in total. The number of allylic oxidation sites excluding steroid dienone is 2. The molecule has 274 valence electrons. The van der Waals surface area contributed by atoms with E-state index in [-0.39, 0.29) is 67.2 Å². The lowest BCUT2D eigenvalue weighted by atomic mass is 9.86. The standard InChI is InChI=1S/C38H52FN3O7S/c1-37(2,3)18-10-13-25-11-7-5-4-6-8-14-27-20-38(27,35(45)40-50(47,48)29-16-17-29)21-33(43)32-19-28(23-42(32)34(25)44)49-36(46)41-22-26-12-9-15-31(39)30(26)24-41/h8-9,12,14-15,25,27-29,32H,4-7,10-11,13,16-24H2,1-3H3,(H,40,45)/b14-8-/t25-,27-,28-,32+,38-/m1/s1. The third-order valence-corrected chi connectivity index (χ3v) is 13.1. The van der Waals surface area contributed by atoms with Gasteiger partial charge in [-0.15, -0.1) is 0 Å². The van der Waals surface area contributed by atoms with E-state index in [9.17, 15) is 32.0 Å². The molecule has 10 nitrogen and oxygen atoms in total. The number of halogens is 1. The summed E-state index contributed by atoms with van der Waals surface area (Å²) in [4.78, 5) is 58.8. The third-order valence-electron chi connectivity index (χ3n) is 11.3. The van der Waals surface area contributed by atoms with Gasteiger partial charge < -0.3 is 9.64 Å². The van der Waals surface area contributed by atoms with Gasteiger partial charge in [-0.2, -0.15) is 0 Å². The molecule has 2 aliphatic carbocycles. The Hall–Kier alpha value is -3.28. The minimum Gasteiger partial charge on any atom is -0.444 e. The summed E-state index contributed by atoms with van der Waals surface area (Å²) in [5.41, 5.74) is 0.0649. The highest BCUT2D eigenvalue weighted by Crippen LogP contribution is 2.57. The number of rotatable bonds is 7. The monoisotopic (exact) mass is 713 g/mol. The summed E-state index contributed by atoms with van der Waals surface area (Å²) >= 11 is 0. The van der Waals surface area contributed by atoms with E-state index in [4.69, 9.17) is 4.74 Å². The van der Waals surface area contributed by atoms with Crippen molar-refractivity contribution in [3.05, 3.63) is 47.3 Å². The third kappa shape index (κ3) is 8.26. The maximum absolute atomic E-state index is 14.4. The SMILES string of the molecule is CC(C)(C)CCC[C@H]1CCCCC/C=C\[C@@H]2C[C@@]2(C(=O)NS(=O)(=O)C2CC2)CC(=O)[C@@H]2C[C@@H](OC(=O)N3Cc4cccc(F)c4C3)CN2C1=O. The number of benzene rings is 1. The Balaban J connectivity index is 1.23. The van der Waals surface area contributed by atoms with Gasteiger partial charge in [-0.25, -0.2) is 17.6 Å². The van der Waals surface area contributed by atoms with Crippen LogP contribution in [-0.4, -0.2) is 65.8 Å². The van der Waals surface area contributed by atoms with Crippen molar-refractivity contribution in [1.29, 1.82) is 0 Å². The molecule has 2 saturated carbocycles. The van der Waals surface area contributed by atoms with E-state index in [2.05, 4.69) is 25.5 Å². The van der Waals surface area contributed by atoms with Crippen LogP contribution in [0.3, 0.4) is 0 Å². The first-order chi connectivity index (χ1) is 23.7. The lowest BCUT2D eigenvalue weighted by molar-refractivity contribution is -0.142. The highest BCUT2D eigenvalue weighted by Gasteiger charge is 2.61. The first kappa shape index (κ1) is 36.5. The second-order valence-corrected chi connectivity index (χ2v) is 18.4. The molecule has 0 aromatic heterocycles. The molecule has 50 heavy (non-hydrogen) atoms. The highest BCUT2D eigenvalue weighted by atomic mass is 32.2. The molecule has 5 atom stereocenters. The van der Waals surface area contributed by atoms with Crippen LogP contribution in [0.1, 0.15) is 115 Å². The molecule has 12 heteroatoms. The molecule has 1 aromatic carbocycles. The average Bonchev–Trinajstić information content (AvgIpc) is 3.93. The summed E-state index contributed by atoms with van der Waals surface area (Å²) in [7, 11) is -3.82. The number of hydrogen-bond donors (Lipinski definition) is 1. The molecule has 1 saturated heterocycles. The Morgan fingerprint density at radius 1 is 1.08 bits per heavy atom. The van der Waals surface area contributed by atoms with Crippen molar-refractivity contribution in [1.82, 2.24) is 14.5 Å². The topological polar surface area (TPSA) is 130 Å². The fourth-order valence-electron chi connectivity index (χ4n) is 8.01. The van der Waals surface area contributed by atoms with Crippen molar-refractivity contribution in [2.75, 3.05) is 6.54 Å². The summed E-state index contributed by atoms with van der Waals surface area (Å²) in [5, 5.41) is -0.581. The zero-order valence-corrected chi connectivity index (χ0v) is 30.4. The predicted molar refractivity (Wildman–Crippen MR) is 185 cm³/mol. The number of nitrogens with zero attached hydrogens (tertiary/aromatic N) is 2. The highest BCUT2D eigenvalue weighted by molar-refractivity contribution is 7.90. The summed E-state index contributed by atoms with van der Waals surface area (Å²) in [6, 6.07) is 3.82. The Kier molecular flexibility index (Phi) is 10.5. The Labute approximate surface area is 295 Å². The molecule has 0 unspecified atom stereocenters. The maximum Gasteiger partial charge on any atom is 0.410 e. The molecule has 3 fully saturated rings. The molecular weight excluding hydrogens is 661 g/mol. The second kappa shape index (κ2) is 14.4. The number of fused-ring (bicyclic) bond motifs is 3. The molecule has 5 aliphatic rings. The van der Waals surface area contributed by atoms with Gasteiger partial charge in [-0.1, -0.05) is 64.3 Å². The number of hydrogen-bond acceptors (Lipinski definition) is 7. The van der Waals surface area contributed by atoms with E-state index < -0.39 is 44.8 Å². The van der Waals surface area contributed by atoms with Gasteiger partial charge in [0.05, 0.1) is 29.8 Å². The molecule has 0 radical (unpaired) electrons. The van der Waals surface area contributed by atoms with Crippen molar-refractivity contribution >= 4 is 33.7 Å². The van der Waals surface area contributed by atoms with Crippen molar-refractivity contribution in [2.24, 2.45) is 22.7 Å². The predicted octanol–water partition coefficient (Wildman–Crippen LogP) is 6.17. The normalized spacial score (nSPS) is 29.7. The van der Waals surface area contributed by atoms with E-state index in [1.54, 1.807) is 17.0 Å². The number of sulfonamides is 1. The van der Waals surface area contributed by atoms with Gasteiger partial charge in [0.2, 0.25) is 21.8 Å². The molecule has 1 aromatic rings. The Morgan fingerprint density at radius 2 is 1.86 bits per heavy atom. The van der Waals surface area contributed by atoms with E-state index in [1.807, 2.05) is 12.2 Å². The van der Waals surface area contributed by atoms with Crippen LogP contribution >= 0.6 is 0 Å². The molecule has 0 bridgehead atoms. The summed E-state index contributed by atoms with van der Waals surface area (Å²) < 4.78 is 48.2. The quantitative estimate of drug-likeness (QED) is 0.335. The van der Waals surface area contributed by atoms with E-state index in [0.717, 1.165) is 38.5 Å². The van der Waals surface area contributed by atoms with Gasteiger partial charge in [-0.3, -0.25) is 24.0 Å². The van der Waals surface area contributed by atoms with Crippen LogP contribution in [-0.2, 0) is 42.2 Å². The zero-order chi connectivity index (χ0) is 35.8. The van der Waals surface area contributed by atoms with Crippen LogP contribution in [0.25, 0.3) is 0 Å². The van der Waals surface area contributed by atoms with Crippen molar-refractivity contribution in [2.45, 2.75) is 135 Å².